The maximum atomic E-state index is 12.1. The van der Waals surface area contributed by atoms with Crippen LogP contribution in [0.3, 0.4) is 0 Å². The number of nitrogens with zero attached hydrogens (tertiary/aromatic N) is 4. The van der Waals surface area contributed by atoms with E-state index >= 15 is 0 Å². The average molecular weight is 286 g/mol. The van der Waals surface area contributed by atoms with Crippen molar-refractivity contribution in [2.24, 2.45) is 0 Å². The Morgan fingerprint density at radius 3 is 2.72 bits per heavy atom. The van der Waals surface area contributed by atoms with Gasteiger partial charge in [0.1, 0.15) is 11.3 Å². The molecule has 0 aliphatic carbocycles. The summed E-state index contributed by atoms with van der Waals surface area (Å²) < 4.78 is 1.36. The van der Waals surface area contributed by atoms with E-state index < -0.39 is 5.54 Å². The zero-order valence-corrected chi connectivity index (χ0v) is 11.7. The Morgan fingerprint density at radius 2 is 2.17 bits per heavy atom. The van der Waals surface area contributed by atoms with Gasteiger partial charge < -0.3 is 0 Å². The molecule has 0 saturated heterocycles. The lowest BCUT2D eigenvalue weighted by molar-refractivity contribution is 0.336. The van der Waals surface area contributed by atoms with Crippen molar-refractivity contribution in [1.82, 2.24) is 25.0 Å². The molecule has 0 fully saturated rings. The second-order valence-corrected chi connectivity index (χ2v) is 6.01. The number of hydrogen-bond donors (Lipinski definition) is 1. The maximum absolute atomic E-state index is 12.1. The molecule has 0 radical (unpaired) electrons. The summed E-state index contributed by atoms with van der Waals surface area (Å²) in [5.41, 5.74) is -0.718. The van der Waals surface area contributed by atoms with Crippen LogP contribution in [0.1, 0.15) is 20.8 Å². The van der Waals surface area contributed by atoms with E-state index in [1.165, 1.54) is 22.8 Å². The molecule has 0 spiro atoms. The van der Waals surface area contributed by atoms with E-state index in [2.05, 4.69) is 20.3 Å². The maximum Gasteiger partial charge on any atom is 0.287 e. The van der Waals surface area contributed by atoms with Crippen LogP contribution in [0.25, 0.3) is 0 Å². The Hall–Kier alpha value is -1.34. The number of halogens is 1. The second kappa shape index (κ2) is 4.74. The van der Waals surface area contributed by atoms with Crippen molar-refractivity contribution >= 4 is 23.4 Å². The molecule has 2 heterocycles. The number of rotatable bonds is 2. The molecule has 0 saturated carbocycles. The van der Waals surface area contributed by atoms with Crippen molar-refractivity contribution in [3.8, 4) is 0 Å². The Morgan fingerprint density at radius 1 is 1.44 bits per heavy atom. The summed E-state index contributed by atoms with van der Waals surface area (Å²) in [6.45, 7) is 5.67. The molecule has 0 aliphatic heterocycles. The van der Waals surface area contributed by atoms with Crippen molar-refractivity contribution in [3.63, 3.8) is 0 Å². The molecule has 2 aromatic heterocycles. The summed E-state index contributed by atoms with van der Waals surface area (Å²) >= 11 is 7.28. The van der Waals surface area contributed by atoms with E-state index in [9.17, 15) is 4.79 Å². The van der Waals surface area contributed by atoms with E-state index in [0.29, 0.717) is 10.1 Å². The fraction of sp³-hybridized carbons (Fsp3) is 0.400. The normalized spacial score (nSPS) is 11.8. The second-order valence-electron chi connectivity index (χ2n) is 4.60. The van der Waals surface area contributed by atoms with Crippen LogP contribution in [-0.4, -0.2) is 25.0 Å². The summed E-state index contributed by atoms with van der Waals surface area (Å²) in [7, 11) is 0. The highest BCUT2D eigenvalue weighted by Gasteiger charge is 2.20. The zero-order valence-electron chi connectivity index (χ0n) is 10.1. The van der Waals surface area contributed by atoms with Gasteiger partial charge in [-0.05, 0) is 32.5 Å². The van der Waals surface area contributed by atoms with Crippen molar-refractivity contribution in [2.45, 2.75) is 36.4 Å². The minimum Gasteiger partial charge on any atom is -0.266 e. The Kier molecular flexibility index (Phi) is 3.45. The highest BCUT2D eigenvalue weighted by molar-refractivity contribution is 7.99. The summed E-state index contributed by atoms with van der Waals surface area (Å²) in [6.07, 6.45) is 2.95. The molecule has 0 aromatic carbocycles. The number of hydrogen-bond acceptors (Lipinski definition) is 5. The first kappa shape index (κ1) is 13.1. The third kappa shape index (κ3) is 2.56. The van der Waals surface area contributed by atoms with E-state index in [-0.39, 0.29) is 10.6 Å². The molecule has 6 nitrogen and oxygen atoms in total. The number of nitrogens with one attached hydrogen (secondary N) is 1. The molecule has 1 N–H and O–H groups in total. The van der Waals surface area contributed by atoms with Gasteiger partial charge in [0.2, 0.25) is 0 Å². The van der Waals surface area contributed by atoms with E-state index in [4.69, 9.17) is 11.6 Å². The van der Waals surface area contributed by atoms with Crippen LogP contribution in [0.4, 0.5) is 0 Å². The molecule has 0 atom stereocenters. The first-order chi connectivity index (χ1) is 8.39. The third-order valence-electron chi connectivity index (χ3n) is 2.12. The number of aromatic nitrogens is 5. The van der Waals surface area contributed by atoms with Crippen molar-refractivity contribution < 1.29 is 0 Å². The van der Waals surface area contributed by atoms with Gasteiger partial charge in [-0.25, -0.2) is 9.67 Å². The molecule has 18 heavy (non-hydrogen) atoms. The number of H-pyrrole nitrogens is 1. The molecule has 0 bridgehead atoms. The molecule has 2 aromatic rings. The summed E-state index contributed by atoms with van der Waals surface area (Å²) in [5.74, 6) is 0. The van der Waals surface area contributed by atoms with E-state index in [1.54, 1.807) is 6.20 Å². The fourth-order valence-corrected chi connectivity index (χ4v) is 2.24. The lowest BCUT2D eigenvalue weighted by Crippen LogP contribution is -2.36. The topological polar surface area (TPSA) is 76.5 Å². The summed E-state index contributed by atoms with van der Waals surface area (Å²) in [4.78, 5) is 16.6. The Labute approximate surface area is 113 Å². The van der Waals surface area contributed by atoms with Gasteiger partial charge in [-0.2, -0.15) is 10.2 Å². The molecule has 8 heteroatoms. The van der Waals surface area contributed by atoms with Gasteiger partial charge in [0, 0.05) is 0 Å². The quantitative estimate of drug-likeness (QED) is 0.912. The van der Waals surface area contributed by atoms with Crippen LogP contribution in [0, 0.1) is 0 Å². The Balaban J connectivity index is 2.41. The zero-order chi connectivity index (χ0) is 13.3. The largest absolute Gasteiger partial charge is 0.287 e. The van der Waals surface area contributed by atoms with Crippen LogP contribution in [0.15, 0.2) is 27.4 Å². The van der Waals surface area contributed by atoms with Gasteiger partial charge in [-0.1, -0.05) is 11.6 Å². The molecule has 0 unspecified atom stereocenters. The monoisotopic (exact) mass is 285 g/mol. The smallest absolute Gasteiger partial charge is 0.266 e. The summed E-state index contributed by atoms with van der Waals surface area (Å²) in [6, 6.07) is 0. The predicted octanol–water partition coefficient (Wildman–Crippen LogP) is 1.92. The van der Waals surface area contributed by atoms with Gasteiger partial charge in [0.05, 0.1) is 16.6 Å². The predicted molar refractivity (Wildman–Crippen MR) is 69.0 cm³/mol. The highest BCUT2D eigenvalue weighted by atomic mass is 35.5. The average Bonchev–Trinajstić information content (AvgIpc) is 2.76. The first-order valence-corrected chi connectivity index (χ1v) is 6.40. The van der Waals surface area contributed by atoms with Crippen LogP contribution in [0.2, 0.25) is 5.02 Å². The van der Waals surface area contributed by atoms with Gasteiger partial charge >= 0.3 is 0 Å². The van der Waals surface area contributed by atoms with Gasteiger partial charge in [-0.3, -0.25) is 9.89 Å². The van der Waals surface area contributed by atoms with Crippen LogP contribution in [0.5, 0.6) is 0 Å². The third-order valence-corrected chi connectivity index (χ3v) is 3.52. The van der Waals surface area contributed by atoms with E-state index in [0.717, 1.165) is 0 Å². The van der Waals surface area contributed by atoms with Crippen LogP contribution < -0.4 is 5.56 Å². The van der Waals surface area contributed by atoms with Crippen molar-refractivity contribution in [1.29, 1.82) is 0 Å². The highest BCUT2D eigenvalue weighted by Crippen LogP contribution is 2.28. The molecular formula is C10H12ClN5OS. The minimum absolute atomic E-state index is 0.140. The first-order valence-electron chi connectivity index (χ1n) is 5.21. The number of aromatic amines is 1. The van der Waals surface area contributed by atoms with Gasteiger partial charge in [-0.15, -0.1) is 0 Å². The van der Waals surface area contributed by atoms with Crippen LogP contribution in [-0.2, 0) is 5.54 Å². The minimum atomic E-state index is -0.407. The van der Waals surface area contributed by atoms with Crippen molar-refractivity contribution in [3.05, 3.63) is 27.9 Å². The molecule has 0 amide bonds. The SMILES string of the molecule is CC(C)(C)n1ncc(Sc2ncn[nH]2)c(Cl)c1=O. The molecule has 96 valence electrons. The van der Waals surface area contributed by atoms with Gasteiger partial charge in [0.25, 0.3) is 5.56 Å². The van der Waals surface area contributed by atoms with E-state index in [1.807, 2.05) is 20.8 Å². The van der Waals surface area contributed by atoms with Crippen LogP contribution >= 0.6 is 23.4 Å². The lowest BCUT2D eigenvalue weighted by Gasteiger charge is -2.20. The van der Waals surface area contributed by atoms with Crippen molar-refractivity contribution in [2.75, 3.05) is 0 Å². The lowest BCUT2D eigenvalue weighted by atomic mass is 10.1. The Bertz CT molecular complexity index is 602. The summed E-state index contributed by atoms with van der Waals surface area (Å²) in [5, 5.41) is 11.2. The molecular weight excluding hydrogens is 274 g/mol. The fourth-order valence-electron chi connectivity index (χ4n) is 1.31. The van der Waals surface area contributed by atoms with Gasteiger partial charge in [0.15, 0.2) is 5.16 Å². The standard InChI is InChI=1S/C10H12ClN5OS/c1-10(2,3)16-8(17)7(11)6(4-14-16)18-9-12-5-13-15-9/h4-5H,1-3H3,(H,12,13,15). The molecule has 0 aliphatic rings. The molecule has 2 rings (SSSR count).